The van der Waals surface area contributed by atoms with Crippen LogP contribution in [-0.4, -0.2) is 76.8 Å². The van der Waals surface area contributed by atoms with E-state index in [0.29, 0.717) is 6.04 Å². The molecule has 7 heteroatoms. The van der Waals surface area contributed by atoms with Crippen LogP contribution < -0.4 is 4.90 Å². The minimum atomic E-state index is 0.325. The van der Waals surface area contributed by atoms with E-state index >= 15 is 0 Å². The molecule has 3 aromatic rings. The van der Waals surface area contributed by atoms with E-state index in [1.54, 1.807) is 36.3 Å². The molecule has 0 amide bonds. The number of nitrogens with one attached hydrogen (secondary N) is 1. The summed E-state index contributed by atoms with van der Waals surface area (Å²) < 4.78 is 5.51. The number of aromatic nitrogens is 3. The maximum atomic E-state index is 5.51. The summed E-state index contributed by atoms with van der Waals surface area (Å²) in [5, 5.41) is 6.98. The molecule has 1 N–H and O–H groups in total. The second-order valence-corrected chi connectivity index (χ2v) is 7.73. The maximum absolute atomic E-state index is 5.51. The Kier molecular flexibility index (Phi) is 12.2. The normalized spacial score (nSPS) is 15.8. The Bertz CT molecular complexity index is 960. The first-order chi connectivity index (χ1) is 16.1. The monoisotopic (exact) mass is 555 g/mol. The van der Waals surface area contributed by atoms with Crippen LogP contribution in [0.25, 0.3) is 0 Å². The van der Waals surface area contributed by atoms with E-state index in [0.717, 1.165) is 48.2 Å². The zero-order chi connectivity index (χ0) is 24.1. The molecule has 1 aromatic carbocycles. The molecule has 1 saturated heterocycles. The molecule has 1 aliphatic heterocycles. The van der Waals surface area contributed by atoms with Crippen LogP contribution in [0.5, 0.6) is 0 Å². The third kappa shape index (κ3) is 7.97. The van der Waals surface area contributed by atoms with Crippen molar-refractivity contribution in [1.29, 1.82) is 0 Å². The topological polar surface area (TPSA) is 66.4 Å². The van der Waals surface area contributed by atoms with Crippen molar-refractivity contribution in [1.82, 2.24) is 15.2 Å². The summed E-state index contributed by atoms with van der Waals surface area (Å²) in [7, 11) is 1.78. The van der Waals surface area contributed by atoms with Crippen LogP contribution >= 0.6 is 0 Å². The van der Waals surface area contributed by atoms with Crippen LogP contribution in [0.3, 0.4) is 0 Å². The van der Waals surface area contributed by atoms with Gasteiger partial charge >= 0.3 is 27.9 Å². The number of aliphatic imine (C=N–C) groups is 1. The predicted octanol–water partition coefficient (Wildman–Crippen LogP) is 4.65. The van der Waals surface area contributed by atoms with E-state index < -0.39 is 0 Å². The van der Waals surface area contributed by atoms with Crippen molar-refractivity contribution >= 4 is 34.6 Å². The van der Waals surface area contributed by atoms with Crippen molar-refractivity contribution in [3.05, 3.63) is 77.2 Å². The Morgan fingerprint density at radius 3 is 2.55 bits per heavy atom. The quantitative estimate of drug-likeness (QED) is 0.367. The van der Waals surface area contributed by atoms with Crippen LogP contribution in [0.1, 0.15) is 42.8 Å². The van der Waals surface area contributed by atoms with Gasteiger partial charge in [0.2, 0.25) is 0 Å². The number of H-pyrrole nitrogens is 1. The van der Waals surface area contributed by atoms with Crippen molar-refractivity contribution in [3.63, 3.8) is 0 Å². The van der Waals surface area contributed by atoms with E-state index in [1.165, 1.54) is 18.4 Å². The summed E-state index contributed by atoms with van der Waals surface area (Å²) >= 11 is 1.75. The molecule has 2 radical (unpaired) electrons. The van der Waals surface area contributed by atoms with E-state index in [-0.39, 0.29) is 0 Å². The first kappa shape index (κ1) is 27.1. The second kappa shape index (κ2) is 14.9. The first-order valence-corrected chi connectivity index (χ1v) is 14.0. The fourth-order valence-corrected chi connectivity index (χ4v) is 3.66. The number of nitrogens with zero attached hydrogens (tertiary/aromatic N) is 4. The van der Waals surface area contributed by atoms with Gasteiger partial charge in [-0.25, -0.2) is 4.98 Å². The number of anilines is 1. The summed E-state index contributed by atoms with van der Waals surface area (Å²) in [6.07, 6.45) is 4.18. The Labute approximate surface area is 212 Å². The van der Waals surface area contributed by atoms with Gasteiger partial charge in [0.05, 0.1) is 30.6 Å². The Balaban J connectivity index is 0.000000293. The van der Waals surface area contributed by atoms with Crippen molar-refractivity contribution in [2.75, 3.05) is 31.7 Å². The standard InChI is InChI=1S/C16H21N5O.C9H12.CH3.Sb/c1-11-4-5-14(21-8-9-22-10-12(21)2)19-15(11)16(17-3)13-6-7-18-20-13;1-2-6-9-7-4-3-5-8-9;;/h4-7,12H,8-10H2,1-3H3,(H,18,20);3-5,7-8H,2,6H2,1H3;1H3;/t12-;;;/m1.../s1. The number of aryl methyl sites for hydroxylation is 2. The molecule has 0 unspecified atom stereocenters. The molecule has 1 fully saturated rings. The van der Waals surface area contributed by atoms with Gasteiger partial charge in [0, 0.05) is 19.8 Å². The molecule has 0 spiro atoms. The molecular weight excluding hydrogens is 520 g/mol. The number of hydrogen-bond donors (Lipinski definition) is 1. The Hall–Kier alpha value is -2.17. The molecule has 33 heavy (non-hydrogen) atoms. The van der Waals surface area contributed by atoms with Gasteiger partial charge in [-0.15, -0.1) is 0 Å². The van der Waals surface area contributed by atoms with Gasteiger partial charge < -0.3 is 9.64 Å². The van der Waals surface area contributed by atoms with E-state index in [9.17, 15) is 0 Å². The first-order valence-electron chi connectivity index (χ1n) is 11.4. The number of morpholine rings is 1. The van der Waals surface area contributed by atoms with Crippen LogP contribution in [0.4, 0.5) is 5.82 Å². The summed E-state index contributed by atoms with van der Waals surface area (Å²) in [5.41, 5.74) is 5.14. The molecule has 4 rings (SSSR count). The number of pyridine rings is 1. The predicted molar refractivity (Wildman–Crippen MR) is 139 cm³/mol. The Morgan fingerprint density at radius 2 is 1.94 bits per heavy atom. The molecule has 6 nitrogen and oxygen atoms in total. The van der Waals surface area contributed by atoms with Crippen LogP contribution in [0, 0.1) is 6.92 Å². The summed E-state index contributed by atoms with van der Waals surface area (Å²) in [6.45, 7) is 8.75. The second-order valence-electron chi connectivity index (χ2n) is 7.73. The van der Waals surface area contributed by atoms with E-state index in [1.807, 2.05) is 6.07 Å². The van der Waals surface area contributed by atoms with Crippen molar-refractivity contribution in [2.24, 2.45) is 4.99 Å². The van der Waals surface area contributed by atoms with Gasteiger partial charge in [-0.3, -0.25) is 10.1 Å². The van der Waals surface area contributed by atoms with Gasteiger partial charge in [0.1, 0.15) is 11.5 Å². The number of hydrogen-bond acceptors (Lipinski definition) is 5. The molecule has 0 saturated carbocycles. The van der Waals surface area contributed by atoms with Gasteiger partial charge in [0.25, 0.3) is 0 Å². The average molecular weight is 556 g/mol. The number of benzene rings is 1. The number of aromatic amines is 1. The summed E-state index contributed by atoms with van der Waals surface area (Å²) in [6, 6.07) is 17.0. The zero-order valence-electron chi connectivity index (χ0n) is 20.5. The SMILES string of the molecule is CCCc1ccccc1.CN=C(c1ccn[nH]1)c1nc(N2CCOC[C@H]2C)ccc1C.[CH3][Sb]. The van der Waals surface area contributed by atoms with Gasteiger partial charge in [-0.05, 0) is 43.5 Å². The van der Waals surface area contributed by atoms with Gasteiger partial charge in [-0.1, -0.05) is 49.7 Å². The molecule has 1 atom stereocenters. The molecule has 3 heterocycles. The van der Waals surface area contributed by atoms with Crippen molar-refractivity contribution < 1.29 is 4.74 Å². The van der Waals surface area contributed by atoms with Crippen LogP contribution in [0.2, 0.25) is 4.87 Å². The molecule has 0 aliphatic carbocycles. The van der Waals surface area contributed by atoms with Crippen molar-refractivity contribution in [3.8, 4) is 0 Å². The van der Waals surface area contributed by atoms with E-state index in [4.69, 9.17) is 9.72 Å². The fourth-order valence-electron chi connectivity index (χ4n) is 3.66. The van der Waals surface area contributed by atoms with Gasteiger partial charge in [0.15, 0.2) is 0 Å². The van der Waals surface area contributed by atoms with Gasteiger partial charge in [-0.2, -0.15) is 5.10 Å². The molecule has 0 bridgehead atoms. The third-order valence-corrected chi connectivity index (χ3v) is 5.33. The number of rotatable bonds is 5. The summed E-state index contributed by atoms with van der Waals surface area (Å²) in [5.74, 6) is 0.970. The third-order valence-electron chi connectivity index (χ3n) is 5.33. The van der Waals surface area contributed by atoms with Crippen molar-refractivity contribution in [2.45, 2.75) is 44.5 Å². The molecular formula is C26H36N5OSb. The number of ether oxygens (including phenoxy) is 1. The zero-order valence-corrected chi connectivity index (χ0v) is 23.0. The average Bonchev–Trinajstić information content (AvgIpc) is 3.38. The van der Waals surface area contributed by atoms with Crippen LogP contribution in [-0.2, 0) is 11.2 Å². The molecule has 176 valence electrons. The summed E-state index contributed by atoms with van der Waals surface area (Å²) in [4.78, 5) is 13.6. The minimum absolute atomic E-state index is 0.325. The Morgan fingerprint density at radius 1 is 1.18 bits per heavy atom. The van der Waals surface area contributed by atoms with E-state index in [2.05, 4.69) is 88.2 Å². The molecule has 2 aromatic heterocycles. The fraction of sp³-hybridized carbons (Fsp3) is 0.423. The van der Waals surface area contributed by atoms with Crippen LogP contribution in [0.15, 0.2) is 59.7 Å². The molecule has 1 aliphatic rings.